The average molecular weight is 419 g/mol. The summed E-state index contributed by atoms with van der Waals surface area (Å²) in [7, 11) is 0. The number of ether oxygens (including phenoxy) is 4. The summed E-state index contributed by atoms with van der Waals surface area (Å²) in [5.74, 6) is 1.48. The van der Waals surface area contributed by atoms with E-state index in [0.717, 1.165) is 44.9 Å². The van der Waals surface area contributed by atoms with Crippen LogP contribution < -0.4 is 0 Å². The average Bonchev–Trinajstić information content (AvgIpc) is 2.99. The first-order chi connectivity index (χ1) is 14.3. The monoisotopic (exact) mass is 418 g/mol. The van der Waals surface area contributed by atoms with Crippen LogP contribution in [0.1, 0.15) is 65.2 Å². The summed E-state index contributed by atoms with van der Waals surface area (Å²) in [6, 6.07) is 0. The van der Waals surface area contributed by atoms with Crippen LogP contribution in [0, 0.1) is 29.6 Å². The number of cyclic esters (lactones) is 1. The van der Waals surface area contributed by atoms with Crippen molar-refractivity contribution in [2.24, 2.45) is 29.6 Å². The van der Waals surface area contributed by atoms with Crippen molar-refractivity contribution in [3.05, 3.63) is 12.2 Å². The quantitative estimate of drug-likeness (QED) is 0.356. The van der Waals surface area contributed by atoms with Crippen molar-refractivity contribution in [1.82, 2.24) is 0 Å². The largest absolute Gasteiger partial charge is 0.456 e. The van der Waals surface area contributed by atoms with Crippen LogP contribution in [0.25, 0.3) is 0 Å². The summed E-state index contributed by atoms with van der Waals surface area (Å²) in [5.41, 5.74) is -0.159. The lowest BCUT2D eigenvalue weighted by atomic mass is 9.52. The second-order valence-corrected chi connectivity index (χ2v) is 10.8. The second kappa shape index (κ2) is 7.33. The summed E-state index contributed by atoms with van der Waals surface area (Å²) >= 11 is 0. The minimum atomic E-state index is -0.429. The van der Waals surface area contributed by atoms with Gasteiger partial charge in [0.15, 0.2) is 0 Å². The van der Waals surface area contributed by atoms with Gasteiger partial charge in [-0.05, 0) is 69.6 Å². The molecule has 6 atom stereocenters. The van der Waals surface area contributed by atoms with E-state index in [1.165, 1.54) is 6.42 Å². The molecule has 0 aromatic heterocycles. The number of esters is 2. The molecular weight excluding hydrogens is 384 g/mol. The number of carbonyl (C=O) groups excluding carboxylic acids is 2. The summed E-state index contributed by atoms with van der Waals surface area (Å²) in [4.78, 5) is 24.4. The Morgan fingerprint density at radius 3 is 2.50 bits per heavy atom. The smallest absolute Gasteiger partial charge is 0.333 e. The van der Waals surface area contributed by atoms with Gasteiger partial charge in [-0.1, -0.05) is 13.5 Å². The minimum Gasteiger partial charge on any atom is -0.456 e. The molecule has 0 N–H and O–H groups in total. The third kappa shape index (κ3) is 3.60. The Bertz CT molecular complexity index is 730. The van der Waals surface area contributed by atoms with Crippen molar-refractivity contribution < 1.29 is 28.5 Å². The molecule has 166 valence electrons. The Morgan fingerprint density at radius 1 is 1.10 bits per heavy atom. The Balaban J connectivity index is 1.17. The van der Waals surface area contributed by atoms with E-state index in [9.17, 15) is 9.59 Å². The Morgan fingerprint density at radius 2 is 1.80 bits per heavy atom. The molecule has 1 saturated heterocycles. The van der Waals surface area contributed by atoms with E-state index in [0.29, 0.717) is 42.5 Å². The van der Waals surface area contributed by atoms with Crippen molar-refractivity contribution in [3.63, 3.8) is 0 Å². The van der Waals surface area contributed by atoms with Gasteiger partial charge in [-0.25, -0.2) is 4.79 Å². The maximum absolute atomic E-state index is 12.3. The summed E-state index contributed by atoms with van der Waals surface area (Å²) in [6.45, 7) is 8.47. The first-order valence-corrected chi connectivity index (χ1v) is 11.6. The summed E-state index contributed by atoms with van der Waals surface area (Å²) < 4.78 is 23.9. The maximum Gasteiger partial charge on any atom is 0.333 e. The molecule has 0 amide bonds. The Labute approximate surface area is 178 Å². The van der Waals surface area contributed by atoms with Gasteiger partial charge in [0.05, 0.1) is 24.7 Å². The third-order valence-corrected chi connectivity index (χ3v) is 8.22. The fourth-order valence-electron chi connectivity index (χ4n) is 7.41. The topological polar surface area (TPSA) is 71.1 Å². The number of fused-ring (bicyclic) bond motifs is 2. The highest BCUT2D eigenvalue weighted by molar-refractivity contribution is 5.87. The molecule has 5 aliphatic carbocycles. The van der Waals surface area contributed by atoms with Gasteiger partial charge < -0.3 is 18.9 Å². The van der Waals surface area contributed by atoms with Crippen molar-refractivity contribution in [2.75, 3.05) is 13.2 Å². The zero-order chi connectivity index (χ0) is 21.1. The summed E-state index contributed by atoms with van der Waals surface area (Å²) in [5, 5.41) is 0. The van der Waals surface area contributed by atoms with Crippen LogP contribution >= 0.6 is 0 Å². The number of carbonyl (C=O) groups is 2. The SMILES string of the molecule is C=C(C)C(=O)OC12CC3CC(CC(OCCOC4OC(=O)C5CC4CC5C)(C3)C1)C2. The predicted molar refractivity (Wildman–Crippen MR) is 108 cm³/mol. The molecule has 6 aliphatic rings. The molecule has 6 heteroatoms. The first-order valence-electron chi connectivity index (χ1n) is 11.6. The van der Waals surface area contributed by atoms with E-state index in [1.54, 1.807) is 6.92 Å². The number of hydrogen-bond donors (Lipinski definition) is 0. The van der Waals surface area contributed by atoms with Gasteiger partial charge in [0, 0.05) is 17.9 Å². The van der Waals surface area contributed by atoms with Gasteiger partial charge in [0.2, 0.25) is 6.29 Å². The van der Waals surface area contributed by atoms with Crippen molar-refractivity contribution >= 4 is 11.9 Å². The molecule has 0 aromatic carbocycles. The van der Waals surface area contributed by atoms with Crippen LogP contribution in [0.5, 0.6) is 0 Å². The molecule has 6 nitrogen and oxygen atoms in total. The van der Waals surface area contributed by atoms with Gasteiger partial charge in [-0.15, -0.1) is 0 Å². The van der Waals surface area contributed by atoms with Crippen LogP contribution in [0.2, 0.25) is 0 Å². The number of hydrogen-bond acceptors (Lipinski definition) is 6. The van der Waals surface area contributed by atoms with E-state index in [1.807, 2.05) is 0 Å². The van der Waals surface area contributed by atoms with Crippen molar-refractivity contribution in [1.29, 1.82) is 0 Å². The lowest BCUT2D eigenvalue weighted by Gasteiger charge is -2.60. The summed E-state index contributed by atoms with van der Waals surface area (Å²) in [6.07, 6.45) is 7.40. The Kier molecular flexibility index (Phi) is 5.01. The van der Waals surface area contributed by atoms with Crippen LogP contribution in [-0.2, 0) is 28.5 Å². The van der Waals surface area contributed by atoms with E-state index in [4.69, 9.17) is 18.9 Å². The number of rotatable bonds is 7. The molecule has 1 aliphatic heterocycles. The maximum atomic E-state index is 12.3. The first kappa shape index (κ1) is 20.5. The van der Waals surface area contributed by atoms with Crippen molar-refractivity contribution in [2.45, 2.75) is 82.7 Å². The fraction of sp³-hybridized carbons (Fsp3) is 0.833. The van der Waals surface area contributed by atoms with Crippen LogP contribution in [0.3, 0.4) is 0 Å². The standard InChI is InChI=1S/C24H34O6/c1-14(2)20(25)30-24-11-16-7-17(12-24)10-23(9-16,13-24)28-5-4-27-22-18-6-15(3)19(8-18)21(26)29-22/h15-19,22H,1,4-13H2,2-3H3. The molecule has 6 unspecified atom stereocenters. The van der Waals surface area contributed by atoms with E-state index in [2.05, 4.69) is 13.5 Å². The van der Waals surface area contributed by atoms with Crippen molar-refractivity contribution in [3.8, 4) is 0 Å². The predicted octanol–water partition coefficient (Wildman–Crippen LogP) is 3.78. The molecular formula is C24H34O6. The van der Waals surface area contributed by atoms with E-state index < -0.39 is 11.9 Å². The molecule has 0 spiro atoms. The molecule has 5 saturated carbocycles. The van der Waals surface area contributed by atoms with E-state index in [-0.39, 0.29) is 23.5 Å². The lowest BCUT2D eigenvalue weighted by molar-refractivity contribution is -0.242. The Hall–Kier alpha value is -1.40. The lowest BCUT2D eigenvalue weighted by Crippen LogP contribution is -2.61. The van der Waals surface area contributed by atoms with E-state index >= 15 is 0 Å². The highest BCUT2D eigenvalue weighted by Gasteiger charge is 2.60. The highest BCUT2D eigenvalue weighted by atomic mass is 16.7. The highest BCUT2D eigenvalue weighted by Crippen LogP contribution is 2.60. The molecule has 1 heterocycles. The van der Waals surface area contributed by atoms with Crippen LogP contribution in [0.4, 0.5) is 0 Å². The van der Waals surface area contributed by atoms with Gasteiger partial charge >= 0.3 is 11.9 Å². The molecule has 6 rings (SSSR count). The zero-order valence-corrected chi connectivity index (χ0v) is 18.2. The second-order valence-electron chi connectivity index (χ2n) is 10.8. The molecule has 30 heavy (non-hydrogen) atoms. The molecule has 0 aromatic rings. The minimum absolute atomic E-state index is 0.0521. The van der Waals surface area contributed by atoms with Gasteiger partial charge in [-0.2, -0.15) is 0 Å². The van der Waals surface area contributed by atoms with Gasteiger partial charge in [-0.3, -0.25) is 4.79 Å². The molecule has 6 bridgehead atoms. The van der Waals surface area contributed by atoms with Gasteiger partial charge in [0.1, 0.15) is 5.60 Å². The third-order valence-electron chi connectivity index (χ3n) is 8.22. The zero-order valence-electron chi connectivity index (χ0n) is 18.2. The van der Waals surface area contributed by atoms with Gasteiger partial charge in [0.25, 0.3) is 0 Å². The fourth-order valence-corrected chi connectivity index (χ4v) is 7.41. The molecule has 0 radical (unpaired) electrons. The van der Waals surface area contributed by atoms with Crippen LogP contribution in [0.15, 0.2) is 12.2 Å². The normalized spacial score (nSPS) is 46.0. The van der Waals surface area contributed by atoms with Crippen LogP contribution in [-0.4, -0.2) is 42.6 Å². The molecule has 6 fully saturated rings.